The first kappa shape index (κ1) is 22.1. The number of sulfonamides is 1. The zero-order chi connectivity index (χ0) is 21.7. The Labute approximate surface area is 182 Å². The highest BCUT2D eigenvalue weighted by Crippen LogP contribution is 2.25. The lowest BCUT2D eigenvalue weighted by Gasteiger charge is -2.13. The molecule has 0 radical (unpaired) electrons. The number of benzene rings is 1. The van der Waals surface area contributed by atoms with Gasteiger partial charge in [0.05, 0.1) is 17.1 Å². The summed E-state index contributed by atoms with van der Waals surface area (Å²) in [6, 6.07) is 7.90. The van der Waals surface area contributed by atoms with E-state index in [4.69, 9.17) is 9.26 Å². The van der Waals surface area contributed by atoms with Crippen LogP contribution in [0.1, 0.15) is 22.7 Å². The summed E-state index contributed by atoms with van der Waals surface area (Å²) in [4.78, 5) is 20.6. The molecule has 0 aliphatic rings. The summed E-state index contributed by atoms with van der Waals surface area (Å²) in [6.45, 7) is 0.120. The van der Waals surface area contributed by atoms with E-state index in [0.29, 0.717) is 29.0 Å². The molecule has 0 amide bonds. The van der Waals surface area contributed by atoms with Crippen molar-refractivity contribution in [1.82, 2.24) is 19.4 Å². The van der Waals surface area contributed by atoms with Crippen LogP contribution in [0.4, 0.5) is 0 Å². The summed E-state index contributed by atoms with van der Waals surface area (Å²) < 4.78 is 36.6. The van der Waals surface area contributed by atoms with Crippen molar-refractivity contribution >= 4 is 31.9 Å². The minimum Gasteiger partial charge on any atom is -0.462 e. The Morgan fingerprint density at radius 1 is 1.27 bits per heavy atom. The maximum Gasteiger partial charge on any atom is 0.338 e. The molecule has 0 atom stereocenters. The average molecular weight is 495 g/mol. The summed E-state index contributed by atoms with van der Waals surface area (Å²) in [5.74, 6) is 0.256. The molecule has 158 valence electrons. The highest BCUT2D eigenvalue weighted by atomic mass is 79.9. The van der Waals surface area contributed by atoms with Gasteiger partial charge in [0.15, 0.2) is 0 Å². The van der Waals surface area contributed by atoms with Crippen LogP contribution >= 0.6 is 15.9 Å². The van der Waals surface area contributed by atoms with Crippen LogP contribution in [0.5, 0.6) is 0 Å². The quantitative estimate of drug-likeness (QED) is 0.346. The molecule has 0 spiro atoms. The van der Waals surface area contributed by atoms with E-state index in [0.717, 1.165) is 9.87 Å². The first-order chi connectivity index (χ1) is 14.3. The van der Waals surface area contributed by atoms with Crippen molar-refractivity contribution in [3.63, 3.8) is 0 Å². The minimum atomic E-state index is -3.70. The van der Waals surface area contributed by atoms with Crippen molar-refractivity contribution in [3.05, 3.63) is 58.7 Å². The van der Waals surface area contributed by atoms with Crippen LogP contribution < -0.4 is 0 Å². The first-order valence-electron chi connectivity index (χ1n) is 8.91. The fraction of sp³-hybridized carbons (Fsp3) is 0.263. The molecule has 0 saturated heterocycles. The second-order valence-electron chi connectivity index (χ2n) is 6.43. The Morgan fingerprint density at radius 3 is 2.77 bits per heavy atom. The Balaban J connectivity index is 1.56. The van der Waals surface area contributed by atoms with Gasteiger partial charge in [0.1, 0.15) is 0 Å². The Morgan fingerprint density at radius 2 is 2.07 bits per heavy atom. The van der Waals surface area contributed by atoms with Gasteiger partial charge < -0.3 is 9.26 Å². The predicted octanol–water partition coefficient (Wildman–Crippen LogP) is 2.93. The van der Waals surface area contributed by atoms with Gasteiger partial charge in [0, 0.05) is 42.9 Å². The monoisotopic (exact) mass is 494 g/mol. The molecule has 9 nitrogen and oxygen atoms in total. The van der Waals surface area contributed by atoms with Crippen LogP contribution in [0.15, 0.2) is 56.6 Å². The van der Waals surface area contributed by atoms with Gasteiger partial charge in [0.25, 0.3) is 0 Å². The van der Waals surface area contributed by atoms with Crippen molar-refractivity contribution in [2.45, 2.75) is 17.7 Å². The Kier molecular flexibility index (Phi) is 6.95. The first-order valence-corrected chi connectivity index (χ1v) is 11.1. The topological polar surface area (TPSA) is 115 Å². The molecule has 2 heterocycles. The van der Waals surface area contributed by atoms with Crippen LogP contribution in [0.2, 0.25) is 0 Å². The third kappa shape index (κ3) is 5.10. The summed E-state index contributed by atoms with van der Waals surface area (Å²) in [5, 5.41) is 3.90. The molecule has 0 bridgehead atoms. The Bertz CT molecular complexity index is 1130. The van der Waals surface area contributed by atoms with Crippen LogP contribution in [0.3, 0.4) is 0 Å². The number of pyridine rings is 1. The number of nitrogens with zero attached hydrogens (tertiary/aromatic N) is 4. The molecule has 1 aromatic carbocycles. The number of rotatable bonds is 8. The number of hydrogen-bond acceptors (Lipinski definition) is 8. The van der Waals surface area contributed by atoms with Crippen molar-refractivity contribution in [1.29, 1.82) is 0 Å². The zero-order valence-corrected chi connectivity index (χ0v) is 18.7. The third-order valence-electron chi connectivity index (χ3n) is 4.08. The molecule has 3 aromatic rings. The van der Waals surface area contributed by atoms with Crippen LogP contribution in [-0.4, -0.2) is 54.5 Å². The molecule has 0 unspecified atom stereocenters. The smallest absolute Gasteiger partial charge is 0.338 e. The molecular formula is C19H19BrN4O5S. The lowest BCUT2D eigenvalue weighted by Crippen LogP contribution is -2.23. The van der Waals surface area contributed by atoms with E-state index in [1.165, 1.54) is 32.3 Å². The molecule has 0 fully saturated rings. The maximum atomic E-state index is 12.4. The fourth-order valence-corrected chi connectivity index (χ4v) is 4.31. The number of ether oxygens (including phenoxy) is 1. The van der Waals surface area contributed by atoms with E-state index < -0.39 is 16.0 Å². The number of halogens is 1. The normalized spacial score (nSPS) is 11.6. The van der Waals surface area contributed by atoms with E-state index in [2.05, 4.69) is 31.1 Å². The third-order valence-corrected chi connectivity index (χ3v) is 6.89. The molecule has 2 aromatic heterocycles. The Hall–Kier alpha value is -2.63. The molecule has 11 heteroatoms. The van der Waals surface area contributed by atoms with Gasteiger partial charge in [-0.1, -0.05) is 5.16 Å². The largest absolute Gasteiger partial charge is 0.462 e. The molecule has 0 aliphatic carbocycles. The van der Waals surface area contributed by atoms with Crippen molar-refractivity contribution < 1.29 is 22.5 Å². The molecular weight excluding hydrogens is 476 g/mol. The van der Waals surface area contributed by atoms with Gasteiger partial charge in [-0.15, -0.1) is 0 Å². The van der Waals surface area contributed by atoms with Crippen LogP contribution in [-0.2, 0) is 21.2 Å². The van der Waals surface area contributed by atoms with Gasteiger partial charge in [-0.05, 0) is 52.7 Å². The number of esters is 1. The van der Waals surface area contributed by atoms with Crippen LogP contribution in [0.25, 0.3) is 11.4 Å². The summed E-state index contributed by atoms with van der Waals surface area (Å²) >= 11 is 3.21. The standard InChI is InChI=1S/C19H19BrN4O5S/c1-24(2)30(26,27)16-11-13(7-8-15(16)20)19(25)28-10-4-6-17-22-18(23-29-17)14-5-3-9-21-12-14/h3,5,7-9,11-12H,4,6,10H2,1-2H3. The second-order valence-corrected chi connectivity index (χ2v) is 9.40. The highest BCUT2D eigenvalue weighted by molar-refractivity contribution is 9.10. The predicted molar refractivity (Wildman–Crippen MR) is 111 cm³/mol. The van der Waals surface area contributed by atoms with E-state index in [1.807, 2.05) is 6.07 Å². The van der Waals surface area contributed by atoms with E-state index in [-0.39, 0.29) is 17.1 Å². The minimum absolute atomic E-state index is 0.00394. The van der Waals surface area contributed by atoms with Crippen molar-refractivity contribution in [3.8, 4) is 11.4 Å². The number of aromatic nitrogens is 3. The molecule has 0 N–H and O–H groups in total. The van der Waals surface area contributed by atoms with Crippen molar-refractivity contribution in [2.75, 3.05) is 20.7 Å². The molecule has 0 saturated carbocycles. The number of hydrogen-bond donors (Lipinski definition) is 0. The highest BCUT2D eigenvalue weighted by Gasteiger charge is 2.22. The summed E-state index contributed by atoms with van der Waals surface area (Å²) in [6.07, 6.45) is 4.20. The van der Waals surface area contributed by atoms with Gasteiger partial charge in [-0.3, -0.25) is 4.98 Å². The second kappa shape index (κ2) is 9.45. The molecule has 3 rings (SSSR count). The lowest BCUT2D eigenvalue weighted by atomic mass is 10.2. The number of carbonyl (C=O) groups excluding carboxylic acids is 1. The lowest BCUT2D eigenvalue weighted by molar-refractivity contribution is 0.0498. The number of aryl methyl sites for hydroxylation is 1. The average Bonchev–Trinajstić information content (AvgIpc) is 3.20. The summed E-state index contributed by atoms with van der Waals surface area (Å²) in [5.41, 5.74) is 0.896. The van der Waals surface area contributed by atoms with Crippen LogP contribution in [0, 0.1) is 0 Å². The van der Waals surface area contributed by atoms with Gasteiger partial charge in [0.2, 0.25) is 21.7 Å². The fourth-order valence-electron chi connectivity index (χ4n) is 2.46. The van der Waals surface area contributed by atoms with Gasteiger partial charge >= 0.3 is 5.97 Å². The number of carbonyl (C=O) groups is 1. The molecule has 30 heavy (non-hydrogen) atoms. The summed E-state index contributed by atoms with van der Waals surface area (Å²) in [7, 11) is -0.857. The SMILES string of the molecule is CN(C)S(=O)(=O)c1cc(C(=O)OCCCc2nc(-c3cccnc3)no2)ccc1Br. The zero-order valence-electron chi connectivity index (χ0n) is 16.3. The van der Waals surface area contributed by atoms with Crippen molar-refractivity contribution in [2.24, 2.45) is 0 Å². The molecule has 0 aliphatic heterocycles. The van der Waals surface area contributed by atoms with E-state index in [9.17, 15) is 13.2 Å². The van der Waals surface area contributed by atoms with E-state index in [1.54, 1.807) is 18.5 Å². The van der Waals surface area contributed by atoms with Gasteiger partial charge in [-0.2, -0.15) is 4.98 Å². The van der Waals surface area contributed by atoms with Gasteiger partial charge in [-0.25, -0.2) is 17.5 Å². The van der Waals surface area contributed by atoms with E-state index >= 15 is 0 Å². The maximum absolute atomic E-state index is 12.4.